The highest BCUT2D eigenvalue weighted by Crippen LogP contribution is 2.22. The van der Waals surface area contributed by atoms with Crippen LogP contribution < -0.4 is 0 Å². The fraction of sp³-hybridized carbons (Fsp3) is 0.333. The number of allylic oxidation sites excluding steroid dienone is 3. The van der Waals surface area contributed by atoms with Crippen LogP contribution in [0.3, 0.4) is 0 Å². The molecule has 2 heteroatoms. The molecule has 0 amide bonds. The highest BCUT2D eigenvalue weighted by Gasteiger charge is 2.09. The van der Waals surface area contributed by atoms with Crippen LogP contribution in [-0.2, 0) is 0 Å². The SMILES string of the molecule is C=C(O)C1=CCCC=C1CO. The summed E-state index contributed by atoms with van der Waals surface area (Å²) in [6, 6.07) is 0. The van der Waals surface area contributed by atoms with Crippen molar-refractivity contribution < 1.29 is 10.2 Å². The minimum atomic E-state index is -0.0224. The zero-order chi connectivity index (χ0) is 8.27. The van der Waals surface area contributed by atoms with Gasteiger partial charge in [-0.15, -0.1) is 0 Å². The molecule has 0 unspecified atom stereocenters. The molecule has 0 bridgehead atoms. The number of aliphatic hydroxyl groups excluding tert-OH is 2. The maximum atomic E-state index is 9.06. The lowest BCUT2D eigenvalue weighted by atomic mass is 9.97. The molecule has 0 atom stereocenters. The summed E-state index contributed by atoms with van der Waals surface area (Å²) in [6.45, 7) is 3.39. The maximum Gasteiger partial charge on any atom is 0.115 e. The van der Waals surface area contributed by atoms with Crippen LogP contribution >= 0.6 is 0 Å². The fourth-order valence-corrected chi connectivity index (χ4v) is 1.18. The Morgan fingerprint density at radius 2 is 2.09 bits per heavy atom. The molecule has 1 aliphatic carbocycles. The van der Waals surface area contributed by atoms with Gasteiger partial charge < -0.3 is 10.2 Å². The molecule has 1 aliphatic rings. The number of aliphatic hydroxyl groups is 2. The van der Waals surface area contributed by atoms with Gasteiger partial charge in [-0.25, -0.2) is 0 Å². The second-order valence-electron chi connectivity index (χ2n) is 2.53. The van der Waals surface area contributed by atoms with Gasteiger partial charge in [-0.05, 0) is 18.4 Å². The normalized spacial score (nSPS) is 17.2. The quantitative estimate of drug-likeness (QED) is 0.591. The van der Waals surface area contributed by atoms with Crippen molar-refractivity contribution in [1.29, 1.82) is 0 Å². The van der Waals surface area contributed by atoms with Gasteiger partial charge in [0.05, 0.1) is 6.61 Å². The van der Waals surface area contributed by atoms with E-state index in [1.807, 2.05) is 12.2 Å². The van der Waals surface area contributed by atoms with Crippen LogP contribution in [0.4, 0.5) is 0 Å². The van der Waals surface area contributed by atoms with Crippen LogP contribution in [0.2, 0.25) is 0 Å². The van der Waals surface area contributed by atoms with E-state index in [0.717, 1.165) is 18.4 Å². The van der Waals surface area contributed by atoms with Gasteiger partial charge >= 0.3 is 0 Å². The monoisotopic (exact) mass is 152 g/mol. The summed E-state index contributed by atoms with van der Waals surface area (Å²) in [5.41, 5.74) is 1.47. The van der Waals surface area contributed by atoms with Crippen LogP contribution in [0.15, 0.2) is 35.6 Å². The summed E-state index contributed by atoms with van der Waals surface area (Å²) in [4.78, 5) is 0. The number of hydrogen-bond acceptors (Lipinski definition) is 2. The Bertz CT molecular complexity index is 224. The molecule has 1 rings (SSSR count). The molecule has 0 heterocycles. The molecule has 60 valence electrons. The van der Waals surface area contributed by atoms with E-state index in [1.165, 1.54) is 0 Å². The molecule has 0 aromatic carbocycles. The topological polar surface area (TPSA) is 40.5 Å². The summed E-state index contributed by atoms with van der Waals surface area (Å²) in [7, 11) is 0. The van der Waals surface area contributed by atoms with Crippen molar-refractivity contribution in [3.05, 3.63) is 35.6 Å². The molecule has 11 heavy (non-hydrogen) atoms. The van der Waals surface area contributed by atoms with Gasteiger partial charge in [0.25, 0.3) is 0 Å². The van der Waals surface area contributed by atoms with E-state index in [0.29, 0.717) is 5.57 Å². The molecule has 2 nitrogen and oxygen atoms in total. The van der Waals surface area contributed by atoms with Gasteiger partial charge in [0.1, 0.15) is 5.76 Å². The molecule has 0 fully saturated rings. The van der Waals surface area contributed by atoms with Crippen molar-refractivity contribution in [3.8, 4) is 0 Å². The van der Waals surface area contributed by atoms with Crippen LogP contribution in [0.1, 0.15) is 12.8 Å². The van der Waals surface area contributed by atoms with Crippen molar-refractivity contribution in [3.63, 3.8) is 0 Å². The van der Waals surface area contributed by atoms with Crippen molar-refractivity contribution in [2.45, 2.75) is 12.8 Å². The molecule has 2 N–H and O–H groups in total. The first-order valence-corrected chi connectivity index (χ1v) is 3.64. The smallest absolute Gasteiger partial charge is 0.115 e. The van der Waals surface area contributed by atoms with Gasteiger partial charge in [-0.2, -0.15) is 0 Å². The molecular weight excluding hydrogens is 140 g/mol. The van der Waals surface area contributed by atoms with E-state index in [-0.39, 0.29) is 12.4 Å². The Kier molecular flexibility index (Phi) is 2.49. The molecule has 0 radical (unpaired) electrons. The second kappa shape index (κ2) is 3.39. The summed E-state index contributed by atoms with van der Waals surface area (Å²) in [6.07, 6.45) is 5.68. The minimum absolute atomic E-state index is 0.0224. The summed E-state index contributed by atoms with van der Waals surface area (Å²) < 4.78 is 0. The Balaban J connectivity index is 2.83. The number of hydrogen-bond donors (Lipinski definition) is 2. The van der Waals surface area contributed by atoms with E-state index in [1.54, 1.807) is 0 Å². The predicted molar refractivity (Wildman–Crippen MR) is 44.3 cm³/mol. The standard InChI is InChI=1S/C9H12O2/c1-7(11)9-5-3-2-4-8(9)6-10/h4-5,10-11H,1-3,6H2. The lowest BCUT2D eigenvalue weighted by Crippen LogP contribution is -2.01. The van der Waals surface area contributed by atoms with E-state index < -0.39 is 0 Å². The number of rotatable bonds is 2. The first kappa shape index (κ1) is 8.08. The lowest BCUT2D eigenvalue weighted by Gasteiger charge is -2.12. The fourth-order valence-electron chi connectivity index (χ4n) is 1.18. The summed E-state index contributed by atoms with van der Waals surface area (Å²) in [5.74, 6) is 0.0463. The third-order valence-corrected chi connectivity index (χ3v) is 1.73. The van der Waals surface area contributed by atoms with Crippen LogP contribution in [0.5, 0.6) is 0 Å². The Morgan fingerprint density at radius 3 is 2.55 bits per heavy atom. The predicted octanol–water partition coefficient (Wildman–Crippen LogP) is 1.70. The molecule has 0 saturated heterocycles. The molecule has 0 aliphatic heterocycles. The van der Waals surface area contributed by atoms with Crippen molar-refractivity contribution >= 4 is 0 Å². The molecule has 0 aromatic rings. The van der Waals surface area contributed by atoms with E-state index in [2.05, 4.69) is 6.58 Å². The van der Waals surface area contributed by atoms with Crippen molar-refractivity contribution in [2.24, 2.45) is 0 Å². The highest BCUT2D eigenvalue weighted by molar-refractivity contribution is 5.44. The average Bonchev–Trinajstić information content (AvgIpc) is 2.04. The zero-order valence-electron chi connectivity index (χ0n) is 6.38. The van der Waals surface area contributed by atoms with E-state index in [9.17, 15) is 0 Å². The highest BCUT2D eigenvalue weighted by atomic mass is 16.3. The Labute approximate surface area is 66.2 Å². The second-order valence-corrected chi connectivity index (χ2v) is 2.53. The average molecular weight is 152 g/mol. The molecule has 0 aromatic heterocycles. The molecule has 0 saturated carbocycles. The Morgan fingerprint density at radius 1 is 1.45 bits per heavy atom. The summed E-state index contributed by atoms with van der Waals surface area (Å²) in [5, 5.41) is 17.9. The van der Waals surface area contributed by atoms with Gasteiger partial charge in [0, 0.05) is 5.57 Å². The maximum absolute atomic E-state index is 9.06. The lowest BCUT2D eigenvalue weighted by molar-refractivity contribution is 0.329. The molecular formula is C9H12O2. The van der Waals surface area contributed by atoms with Crippen LogP contribution in [-0.4, -0.2) is 16.8 Å². The minimum Gasteiger partial charge on any atom is -0.508 e. The van der Waals surface area contributed by atoms with Gasteiger partial charge in [0.15, 0.2) is 0 Å². The van der Waals surface area contributed by atoms with E-state index in [4.69, 9.17) is 10.2 Å². The molecule has 0 spiro atoms. The summed E-state index contributed by atoms with van der Waals surface area (Å²) >= 11 is 0. The van der Waals surface area contributed by atoms with Gasteiger partial charge in [0.2, 0.25) is 0 Å². The van der Waals surface area contributed by atoms with Crippen LogP contribution in [0, 0.1) is 0 Å². The zero-order valence-corrected chi connectivity index (χ0v) is 6.38. The third kappa shape index (κ3) is 1.71. The third-order valence-electron chi connectivity index (χ3n) is 1.73. The first-order valence-electron chi connectivity index (χ1n) is 3.64. The largest absolute Gasteiger partial charge is 0.508 e. The van der Waals surface area contributed by atoms with E-state index >= 15 is 0 Å². The van der Waals surface area contributed by atoms with Crippen molar-refractivity contribution in [2.75, 3.05) is 6.61 Å². The van der Waals surface area contributed by atoms with Crippen LogP contribution in [0.25, 0.3) is 0 Å². The van der Waals surface area contributed by atoms with Crippen molar-refractivity contribution in [1.82, 2.24) is 0 Å². The first-order chi connectivity index (χ1) is 5.25. The Hall–Kier alpha value is -1.02. The van der Waals surface area contributed by atoms with Gasteiger partial charge in [-0.1, -0.05) is 18.7 Å². The van der Waals surface area contributed by atoms with Gasteiger partial charge in [-0.3, -0.25) is 0 Å².